The van der Waals surface area contributed by atoms with E-state index in [4.69, 9.17) is 9.47 Å². The van der Waals surface area contributed by atoms with Gasteiger partial charge in [-0.15, -0.1) is 0 Å². The maximum atomic E-state index is 14.4. The molecule has 4 rings (SSSR count). The molecule has 3 nitrogen and oxygen atoms in total. The monoisotopic (exact) mass is 378 g/mol. The lowest BCUT2D eigenvalue weighted by Gasteiger charge is -2.21. The molecule has 1 aliphatic heterocycles. The van der Waals surface area contributed by atoms with E-state index in [9.17, 15) is 4.57 Å². The molecule has 138 valence electrons. The highest BCUT2D eigenvalue weighted by Gasteiger charge is 2.31. The smallest absolute Gasteiger partial charge is 0.171 e. The summed E-state index contributed by atoms with van der Waals surface area (Å²) in [5.41, 5.74) is 0. The van der Waals surface area contributed by atoms with Crippen LogP contribution >= 0.6 is 7.14 Å². The molecule has 0 aliphatic carbocycles. The third-order valence-corrected chi connectivity index (χ3v) is 7.91. The van der Waals surface area contributed by atoms with Crippen LogP contribution in [0.25, 0.3) is 0 Å². The Morgan fingerprint density at radius 1 is 0.704 bits per heavy atom. The Morgan fingerprint density at radius 2 is 1.22 bits per heavy atom. The van der Waals surface area contributed by atoms with Crippen LogP contribution in [0.2, 0.25) is 0 Å². The van der Waals surface area contributed by atoms with Gasteiger partial charge in [-0.3, -0.25) is 0 Å². The fourth-order valence-electron chi connectivity index (χ4n) is 3.60. The zero-order chi connectivity index (χ0) is 18.9. The van der Waals surface area contributed by atoms with E-state index in [1.54, 1.807) is 0 Å². The van der Waals surface area contributed by atoms with Crippen molar-refractivity contribution >= 4 is 23.1 Å². The molecule has 3 aromatic rings. The first kappa shape index (κ1) is 17.9. The van der Waals surface area contributed by atoms with Crippen molar-refractivity contribution in [3.63, 3.8) is 0 Å². The molecule has 2 atom stereocenters. The molecule has 0 saturated carbocycles. The van der Waals surface area contributed by atoms with E-state index in [1.165, 1.54) is 0 Å². The van der Waals surface area contributed by atoms with E-state index in [-0.39, 0.29) is 12.2 Å². The van der Waals surface area contributed by atoms with E-state index in [1.807, 2.05) is 92.7 Å². The minimum absolute atomic E-state index is 0.0457. The Morgan fingerprint density at radius 3 is 1.78 bits per heavy atom. The molecule has 0 radical (unpaired) electrons. The minimum Gasteiger partial charge on any atom is -0.487 e. The lowest BCUT2D eigenvalue weighted by atomic mass is 10.2. The van der Waals surface area contributed by atoms with Gasteiger partial charge in [0.1, 0.15) is 0 Å². The quantitative estimate of drug-likeness (QED) is 0.639. The molecule has 0 bridgehead atoms. The van der Waals surface area contributed by atoms with Gasteiger partial charge in [0.2, 0.25) is 0 Å². The Balaban J connectivity index is 1.89. The summed E-state index contributed by atoms with van der Waals surface area (Å²) in [6.45, 7) is 4.08. The Labute approximate surface area is 160 Å². The van der Waals surface area contributed by atoms with Crippen molar-refractivity contribution in [1.29, 1.82) is 0 Å². The largest absolute Gasteiger partial charge is 0.487 e. The number of hydrogen-bond donors (Lipinski definition) is 0. The van der Waals surface area contributed by atoms with Gasteiger partial charge >= 0.3 is 0 Å². The fraction of sp³-hybridized carbons (Fsp3) is 0.217. The van der Waals surface area contributed by atoms with Gasteiger partial charge in [-0.05, 0) is 32.0 Å². The molecule has 0 aromatic heterocycles. The molecule has 0 saturated heterocycles. The zero-order valence-corrected chi connectivity index (χ0v) is 16.4. The average molecular weight is 378 g/mol. The standard InChI is InChI=1S/C23H23O3P/c1-17-15-18(2)26-23-16-21(13-14-22(23)25-17)27(24,19-9-5-3-6-10-19)20-11-7-4-8-12-20/h3-14,16-18H,15H2,1-2H3/t17-,18-/m0/s1. The number of fused-ring (bicyclic) bond motifs is 1. The van der Waals surface area contributed by atoms with Crippen molar-refractivity contribution in [3.05, 3.63) is 78.9 Å². The predicted molar refractivity (Wildman–Crippen MR) is 111 cm³/mol. The molecule has 0 spiro atoms. The first-order valence-electron chi connectivity index (χ1n) is 9.26. The second-order valence-corrected chi connectivity index (χ2v) is 9.77. The zero-order valence-electron chi connectivity index (χ0n) is 15.5. The van der Waals surface area contributed by atoms with E-state index in [0.29, 0.717) is 11.5 Å². The number of rotatable bonds is 3. The molecule has 27 heavy (non-hydrogen) atoms. The average Bonchev–Trinajstić information content (AvgIpc) is 2.84. The second kappa shape index (κ2) is 7.25. The topological polar surface area (TPSA) is 35.5 Å². The molecule has 0 unspecified atom stereocenters. The van der Waals surface area contributed by atoms with E-state index >= 15 is 0 Å². The van der Waals surface area contributed by atoms with Gasteiger partial charge in [-0.25, -0.2) is 0 Å². The third kappa shape index (κ3) is 3.40. The SMILES string of the molecule is C[C@H]1C[C@H](C)Oc2cc(P(=O)(c3ccccc3)c3ccccc3)ccc2O1. The van der Waals surface area contributed by atoms with Crippen molar-refractivity contribution in [2.75, 3.05) is 0 Å². The highest BCUT2D eigenvalue weighted by Crippen LogP contribution is 2.44. The Kier molecular flexibility index (Phi) is 4.80. The van der Waals surface area contributed by atoms with Crippen molar-refractivity contribution in [3.8, 4) is 11.5 Å². The van der Waals surface area contributed by atoms with E-state index < -0.39 is 7.14 Å². The van der Waals surface area contributed by atoms with Crippen LogP contribution in [0.1, 0.15) is 20.3 Å². The summed E-state index contributed by atoms with van der Waals surface area (Å²) in [4.78, 5) is 0. The summed E-state index contributed by atoms with van der Waals surface area (Å²) < 4.78 is 26.5. The summed E-state index contributed by atoms with van der Waals surface area (Å²) in [7, 11) is -3.01. The number of benzene rings is 3. The maximum Gasteiger partial charge on any atom is 0.171 e. The lowest BCUT2D eigenvalue weighted by Crippen LogP contribution is -2.25. The highest BCUT2D eigenvalue weighted by atomic mass is 31.2. The molecule has 3 aromatic carbocycles. The van der Waals surface area contributed by atoms with E-state index in [2.05, 4.69) is 0 Å². The summed E-state index contributed by atoms with van der Waals surface area (Å²) in [5, 5.41) is 2.38. The van der Waals surface area contributed by atoms with Crippen LogP contribution in [-0.4, -0.2) is 12.2 Å². The first-order valence-corrected chi connectivity index (χ1v) is 11.0. The highest BCUT2D eigenvalue weighted by molar-refractivity contribution is 7.85. The van der Waals surface area contributed by atoms with E-state index in [0.717, 1.165) is 22.3 Å². The number of ether oxygens (including phenoxy) is 2. The maximum absolute atomic E-state index is 14.4. The summed E-state index contributed by atoms with van der Waals surface area (Å²) in [5.74, 6) is 1.37. The molecular formula is C23H23O3P. The fourth-order valence-corrected chi connectivity index (χ4v) is 6.26. The van der Waals surface area contributed by atoms with Crippen LogP contribution in [-0.2, 0) is 4.57 Å². The summed E-state index contributed by atoms with van der Waals surface area (Å²) >= 11 is 0. The summed E-state index contributed by atoms with van der Waals surface area (Å²) in [6.07, 6.45) is 0.950. The van der Waals surface area contributed by atoms with Crippen LogP contribution < -0.4 is 25.4 Å². The van der Waals surface area contributed by atoms with Crippen LogP contribution in [0.5, 0.6) is 11.5 Å². The van der Waals surface area contributed by atoms with Gasteiger partial charge in [-0.2, -0.15) is 0 Å². The van der Waals surface area contributed by atoms with Crippen LogP contribution in [0, 0.1) is 0 Å². The summed E-state index contributed by atoms with van der Waals surface area (Å²) in [6, 6.07) is 25.0. The normalized spacial score (nSPS) is 19.3. The van der Waals surface area contributed by atoms with Gasteiger partial charge < -0.3 is 14.0 Å². The van der Waals surface area contributed by atoms with Crippen LogP contribution in [0.3, 0.4) is 0 Å². The number of hydrogen-bond acceptors (Lipinski definition) is 3. The molecule has 1 aliphatic rings. The lowest BCUT2D eigenvalue weighted by molar-refractivity contribution is 0.168. The molecule has 0 amide bonds. The first-order chi connectivity index (χ1) is 13.1. The third-order valence-electron chi connectivity index (χ3n) is 4.85. The van der Waals surface area contributed by atoms with Gasteiger partial charge in [0.25, 0.3) is 0 Å². The molecule has 4 heteroatoms. The minimum atomic E-state index is -3.01. The van der Waals surface area contributed by atoms with Gasteiger partial charge in [0.15, 0.2) is 18.6 Å². The molecule has 0 N–H and O–H groups in total. The Bertz CT molecular complexity index is 926. The van der Waals surface area contributed by atoms with Gasteiger partial charge in [-0.1, -0.05) is 60.7 Å². The van der Waals surface area contributed by atoms with Crippen LogP contribution in [0.4, 0.5) is 0 Å². The second-order valence-electron chi connectivity index (χ2n) is 7.00. The van der Waals surface area contributed by atoms with Gasteiger partial charge in [0.05, 0.1) is 12.2 Å². The molecule has 0 fully saturated rings. The van der Waals surface area contributed by atoms with Crippen molar-refractivity contribution in [1.82, 2.24) is 0 Å². The molecular weight excluding hydrogens is 355 g/mol. The van der Waals surface area contributed by atoms with Crippen LogP contribution in [0.15, 0.2) is 78.9 Å². The Hall–Kier alpha value is -2.51. The van der Waals surface area contributed by atoms with Crippen molar-refractivity contribution in [2.24, 2.45) is 0 Å². The molecule has 1 heterocycles. The van der Waals surface area contributed by atoms with Gasteiger partial charge in [0, 0.05) is 22.3 Å². The van der Waals surface area contributed by atoms with Crippen molar-refractivity contribution < 1.29 is 14.0 Å². The van der Waals surface area contributed by atoms with Crippen molar-refractivity contribution in [2.45, 2.75) is 32.5 Å². The predicted octanol–water partition coefficient (Wildman–Crippen LogP) is 4.26.